The summed E-state index contributed by atoms with van der Waals surface area (Å²) in [6.07, 6.45) is 1.69. The highest BCUT2D eigenvalue weighted by Gasteiger charge is 2.00. The maximum absolute atomic E-state index is 5.25. The molecule has 2 nitrogen and oxygen atoms in total. The van der Waals surface area contributed by atoms with Crippen LogP contribution in [0.1, 0.15) is 16.9 Å². The molecule has 0 saturated carbocycles. The lowest BCUT2D eigenvalue weighted by molar-refractivity contribution is 0.483. The summed E-state index contributed by atoms with van der Waals surface area (Å²) in [5.41, 5.74) is 2.53. The predicted molar refractivity (Wildman–Crippen MR) is 75.4 cm³/mol. The average molecular weight is 317 g/mol. The highest BCUT2D eigenvalue weighted by molar-refractivity contribution is 9.10. The lowest BCUT2D eigenvalue weighted by atomic mass is 10.1. The van der Waals surface area contributed by atoms with Crippen LogP contribution in [0.4, 0.5) is 0 Å². The summed E-state index contributed by atoms with van der Waals surface area (Å²) in [6.45, 7) is 3.68. The van der Waals surface area contributed by atoms with Crippen LogP contribution in [0.5, 0.6) is 0 Å². The molecule has 0 aliphatic rings. The summed E-state index contributed by atoms with van der Waals surface area (Å²) in [5.74, 6) is 0.961. The molecule has 0 bridgehead atoms. The Morgan fingerprint density at radius 2 is 2.06 bits per heavy atom. The molecule has 0 fully saturated rings. The molecule has 0 radical (unpaired) electrons. The molecule has 1 aromatic carbocycles. The van der Waals surface area contributed by atoms with E-state index in [4.69, 9.17) is 4.42 Å². The number of rotatable bonds is 4. The lowest BCUT2D eigenvalue weighted by Crippen LogP contribution is -2.12. The molecule has 1 aromatic heterocycles. The monoisotopic (exact) mass is 315 g/mol. The average Bonchev–Trinajstić information content (AvgIpc) is 2.74. The molecule has 0 atom stereocenters. The summed E-state index contributed by atoms with van der Waals surface area (Å²) in [5, 5.41) is 3.34. The van der Waals surface area contributed by atoms with Crippen molar-refractivity contribution < 1.29 is 4.42 Å². The van der Waals surface area contributed by atoms with Crippen molar-refractivity contribution in [3.63, 3.8) is 0 Å². The van der Waals surface area contributed by atoms with Crippen LogP contribution in [-0.2, 0) is 13.1 Å². The molecule has 2 rings (SSSR count). The molecule has 1 N–H and O–H groups in total. The number of benzene rings is 1. The topological polar surface area (TPSA) is 25.2 Å². The second-order valence-corrected chi connectivity index (χ2v) is 4.63. The van der Waals surface area contributed by atoms with Gasteiger partial charge in [-0.25, -0.2) is 0 Å². The third kappa shape index (κ3) is 4.19. The second-order valence-electron chi connectivity index (χ2n) is 3.78. The Morgan fingerprint density at radius 1 is 1.24 bits per heavy atom. The van der Waals surface area contributed by atoms with Crippen molar-refractivity contribution >= 4 is 28.3 Å². The summed E-state index contributed by atoms with van der Waals surface area (Å²) in [4.78, 5) is 0. The van der Waals surface area contributed by atoms with Crippen LogP contribution in [0, 0.1) is 6.92 Å². The fourth-order valence-electron chi connectivity index (χ4n) is 1.53. The van der Waals surface area contributed by atoms with Crippen LogP contribution in [-0.4, -0.2) is 0 Å². The second kappa shape index (κ2) is 6.84. The lowest BCUT2D eigenvalue weighted by Gasteiger charge is -2.06. The fraction of sp³-hybridized carbons (Fsp3) is 0.231. The van der Waals surface area contributed by atoms with Gasteiger partial charge in [-0.15, -0.1) is 12.4 Å². The van der Waals surface area contributed by atoms with Gasteiger partial charge in [0.05, 0.1) is 12.8 Å². The van der Waals surface area contributed by atoms with E-state index >= 15 is 0 Å². The largest absolute Gasteiger partial charge is 0.468 e. The molecule has 17 heavy (non-hydrogen) atoms. The van der Waals surface area contributed by atoms with Gasteiger partial charge in [0.15, 0.2) is 0 Å². The van der Waals surface area contributed by atoms with E-state index in [-0.39, 0.29) is 12.4 Å². The minimum Gasteiger partial charge on any atom is -0.468 e. The number of halogens is 2. The summed E-state index contributed by atoms with van der Waals surface area (Å²) >= 11 is 3.56. The van der Waals surface area contributed by atoms with Crippen LogP contribution in [0.2, 0.25) is 0 Å². The van der Waals surface area contributed by atoms with Gasteiger partial charge in [0, 0.05) is 11.0 Å². The fourth-order valence-corrected chi connectivity index (χ4v) is 2.16. The maximum Gasteiger partial charge on any atom is 0.117 e. The van der Waals surface area contributed by atoms with Crippen molar-refractivity contribution in [2.45, 2.75) is 20.0 Å². The molecule has 0 aliphatic carbocycles. The van der Waals surface area contributed by atoms with Crippen molar-refractivity contribution in [2.24, 2.45) is 0 Å². The Labute approximate surface area is 116 Å². The Hall–Kier alpha value is -0.770. The van der Waals surface area contributed by atoms with Gasteiger partial charge < -0.3 is 9.73 Å². The standard InChI is InChI=1S/C13H14BrNO.ClH/c1-10-4-5-11(13(14)7-10)8-15-9-12-3-2-6-16-12;/h2-7,15H,8-9H2,1H3;1H. The molecule has 2 aromatic rings. The Kier molecular flexibility index (Phi) is 5.75. The van der Waals surface area contributed by atoms with Crippen LogP contribution in [0.3, 0.4) is 0 Å². The highest BCUT2D eigenvalue weighted by atomic mass is 79.9. The Balaban J connectivity index is 0.00000144. The zero-order valence-corrected chi connectivity index (χ0v) is 12.0. The summed E-state index contributed by atoms with van der Waals surface area (Å²) in [7, 11) is 0. The number of furan rings is 1. The molecular weight excluding hydrogens is 302 g/mol. The van der Waals surface area contributed by atoms with Crippen LogP contribution < -0.4 is 5.32 Å². The first-order valence-electron chi connectivity index (χ1n) is 5.24. The molecular formula is C13H15BrClNO. The minimum atomic E-state index is 0. The van der Waals surface area contributed by atoms with E-state index in [1.54, 1.807) is 6.26 Å². The van der Waals surface area contributed by atoms with Crippen molar-refractivity contribution in [1.82, 2.24) is 5.32 Å². The van der Waals surface area contributed by atoms with E-state index in [9.17, 15) is 0 Å². The maximum atomic E-state index is 5.25. The van der Waals surface area contributed by atoms with Gasteiger partial charge in [-0.3, -0.25) is 0 Å². The number of hydrogen-bond donors (Lipinski definition) is 1. The Morgan fingerprint density at radius 3 is 2.71 bits per heavy atom. The first-order chi connectivity index (χ1) is 7.75. The first-order valence-corrected chi connectivity index (χ1v) is 6.03. The highest BCUT2D eigenvalue weighted by Crippen LogP contribution is 2.18. The van der Waals surface area contributed by atoms with Gasteiger partial charge >= 0.3 is 0 Å². The first kappa shape index (κ1) is 14.3. The van der Waals surface area contributed by atoms with Gasteiger partial charge in [0.1, 0.15) is 5.76 Å². The zero-order chi connectivity index (χ0) is 11.4. The van der Waals surface area contributed by atoms with Gasteiger partial charge in [-0.1, -0.05) is 28.1 Å². The normalized spacial score (nSPS) is 10.0. The van der Waals surface area contributed by atoms with Crippen LogP contribution in [0.25, 0.3) is 0 Å². The molecule has 0 saturated heterocycles. The minimum absolute atomic E-state index is 0. The third-order valence-electron chi connectivity index (χ3n) is 2.40. The van der Waals surface area contributed by atoms with Crippen molar-refractivity contribution in [3.05, 3.63) is 58.0 Å². The Bertz CT molecular complexity index is 456. The van der Waals surface area contributed by atoms with Crippen molar-refractivity contribution in [2.75, 3.05) is 0 Å². The molecule has 92 valence electrons. The predicted octanol–water partition coefficient (Wildman–Crippen LogP) is 4.06. The van der Waals surface area contributed by atoms with Crippen LogP contribution in [0.15, 0.2) is 45.5 Å². The van der Waals surface area contributed by atoms with Gasteiger partial charge in [-0.2, -0.15) is 0 Å². The van der Waals surface area contributed by atoms with Gasteiger partial charge in [0.25, 0.3) is 0 Å². The number of nitrogens with one attached hydrogen (secondary N) is 1. The molecule has 0 spiro atoms. The summed E-state index contributed by atoms with van der Waals surface area (Å²) in [6, 6.07) is 10.3. The number of aryl methyl sites for hydroxylation is 1. The summed E-state index contributed by atoms with van der Waals surface area (Å²) < 4.78 is 6.40. The number of hydrogen-bond acceptors (Lipinski definition) is 2. The van der Waals surface area contributed by atoms with Crippen molar-refractivity contribution in [1.29, 1.82) is 0 Å². The third-order valence-corrected chi connectivity index (χ3v) is 3.14. The SMILES string of the molecule is Cc1ccc(CNCc2ccco2)c(Br)c1.Cl. The van der Waals surface area contributed by atoms with Crippen molar-refractivity contribution in [3.8, 4) is 0 Å². The van der Waals surface area contributed by atoms with E-state index in [1.807, 2.05) is 12.1 Å². The van der Waals surface area contributed by atoms with E-state index in [0.717, 1.165) is 23.3 Å². The molecule has 0 amide bonds. The van der Waals surface area contributed by atoms with Crippen LogP contribution >= 0.6 is 28.3 Å². The van der Waals surface area contributed by atoms with E-state index in [1.165, 1.54) is 11.1 Å². The zero-order valence-electron chi connectivity index (χ0n) is 9.57. The molecule has 0 unspecified atom stereocenters. The smallest absolute Gasteiger partial charge is 0.117 e. The van der Waals surface area contributed by atoms with E-state index < -0.39 is 0 Å². The quantitative estimate of drug-likeness (QED) is 0.920. The molecule has 4 heteroatoms. The van der Waals surface area contributed by atoms with E-state index in [0.29, 0.717) is 0 Å². The van der Waals surface area contributed by atoms with E-state index in [2.05, 4.69) is 46.4 Å². The van der Waals surface area contributed by atoms with Gasteiger partial charge in [0.2, 0.25) is 0 Å². The molecule has 1 heterocycles. The van der Waals surface area contributed by atoms with Gasteiger partial charge in [-0.05, 0) is 36.2 Å². The molecule has 0 aliphatic heterocycles.